The van der Waals surface area contributed by atoms with Gasteiger partial charge >= 0.3 is 12.2 Å². The summed E-state index contributed by atoms with van der Waals surface area (Å²) in [6.07, 6.45) is -2.39. The first kappa shape index (κ1) is 19.8. The van der Waals surface area contributed by atoms with Gasteiger partial charge in [0.05, 0.1) is 5.56 Å². The molecule has 0 bridgehead atoms. The number of nitrogens with zero attached hydrogens (tertiary/aromatic N) is 3. The Balaban J connectivity index is 1.40. The molecule has 2 aromatic carbocycles. The van der Waals surface area contributed by atoms with Crippen LogP contribution in [0.15, 0.2) is 54.6 Å². The number of alkyl halides is 3. The Bertz CT molecular complexity index is 839. The zero-order valence-electron chi connectivity index (χ0n) is 16.1. The highest BCUT2D eigenvalue weighted by Crippen LogP contribution is 2.32. The molecule has 0 N–H and O–H groups in total. The largest absolute Gasteiger partial charge is 0.416 e. The van der Waals surface area contributed by atoms with Crippen LogP contribution in [0.4, 0.5) is 23.7 Å². The van der Waals surface area contributed by atoms with E-state index in [2.05, 4.69) is 17.0 Å². The highest BCUT2D eigenvalue weighted by molar-refractivity contribution is 5.94. The molecule has 0 aliphatic carbocycles. The molecule has 0 saturated carbocycles. The number of hydrogen-bond acceptors (Lipinski definition) is 2. The zero-order chi connectivity index (χ0) is 20.4. The van der Waals surface area contributed by atoms with E-state index in [0.29, 0.717) is 18.8 Å². The maximum absolute atomic E-state index is 13.0. The van der Waals surface area contributed by atoms with Crippen LogP contribution >= 0.6 is 0 Å². The molecule has 154 valence electrons. The van der Waals surface area contributed by atoms with Gasteiger partial charge in [0.1, 0.15) is 0 Å². The van der Waals surface area contributed by atoms with E-state index in [1.165, 1.54) is 17.7 Å². The summed E-state index contributed by atoms with van der Waals surface area (Å²) in [5.74, 6) is 0. The number of anilines is 1. The molecule has 2 aliphatic rings. The van der Waals surface area contributed by atoms with Gasteiger partial charge in [-0.15, -0.1) is 0 Å². The number of piperidine rings is 1. The Labute approximate surface area is 168 Å². The topological polar surface area (TPSA) is 26.8 Å². The van der Waals surface area contributed by atoms with Crippen molar-refractivity contribution >= 4 is 11.7 Å². The summed E-state index contributed by atoms with van der Waals surface area (Å²) in [5, 5.41) is 0. The van der Waals surface area contributed by atoms with Gasteiger partial charge in [-0.05, 0) is 49.2 Å². The fourth-order valence-corrected chi connectivity index (χ4v) is 4.23. The highest BCUT2D eigenvalue weighted by atomic mass is 19.4. The molecule has 0 radical (unpaired) electrons. The summed E-state index contributed by atoms with van der Waals surface area (Å²) in [7, 11) is 0. The SMILES string of the molecule is O=C1N(c2ccc(C(F)(F)F)cc2)CCN1C1CCCN(Cc2ccccc2)C1. The van der Waals surface area contributed by atoms with Gasteiger partial charge in [0, 0.05) is 37.9 Å². The fraction of sp³-hybridized carbons (Fsp3) is 0.409. The Hall–Kier alpha value is -2.54. The molecule has 2 saturated heterocycles. The molecule has 2 aromatic rings. The Kier molecular flexibility index (Phi) is 5.50. The molecular weight excluding hydrogens is 379 g/mol. The molecule has 2 fully saturated rings. The van der Waals surface area contributed by atoms with E-state index in [9.17, 15) is 18.0 Å². The number of urea groups is 1. The lowest BCUT2D eigenvalue weighted by Gasteiger charge is -2.37. The van der Waals surface area contributed by atoms with Crippen molar-refractivity contribution in [3.05, 3.63) is 65.7 Å². The highest BCUT2D eigenvalue weighted by Gasteiger charge is 2.37. The van der Waals surface area contributed by atoms with E-state index in [-0.39, 0.29) is 12.1 Å². The van der Waals surface area contributed by atoms with E-state index < -0.39 is 11.7 Å². The normalized spacial score (nSPS) is 21.1. The molecule has 2 amide bonds. The van der Waals surface area contributed by atoms with Crippen LogP contribution < -0.4 is 4.90 Å². The quantitative estimate of drug-likeness (QED) is 0.745. The lowest BCUT2D eigenvalue weighted by molar-refractivity contribution is -0.137. The first-order chi connectivity index (χ1) is 13.9. The molecule has 0 aromatic heterocycles. The van der Waals surface area contributed by atoms with Gasteiger partial charge in [0.25, 0.3) is 0 Å². The van der Waals surface area contributed by atoms with Crippen LogP contribution in [0.2, 0.25) is 0 Å². The monoisotopic (exact) mass is 403 g/mol. The summed E-state index contributed by atoms with van der Waals surface area (Å²) in [6, 6.07) is 15.1. The maximum Gasteiger partial charge on any atom is 0.416 e. The zero-order valence-corrected chi connectivity index (χ0v) is 16.1. The third-order valence-corrected chi connectivity index (χ3v) is 5.72. The standard InChI is InChI=1S/C22H24F3N3O/c23-22(24,25)18-8-10-19(11-9-18)27-13-14-28(21(27)29)20-7-4-12-26(16-20)15-17-5-2-1-3-6-17/h1-3,5-6,8-11,20H,4,7,12-16H2. The van der Waals surface area contributed by atoms with Crippen molar-refractivity contribution in [1.82, 2.24) is 9.80 Å². The average Bonchev–Trinajstić information content (AvgIpc) is 3.10. The minimum Gasteiger partial charge on any atom is -0.318 e. The van der Waals surface area contributed by atoms with Gasteiger partial charge in [-0.3, -0.25) is 9.80 Å². The number of likely N-dealkylation sites (tertiary alicyclic amines) is 1. The Morgan fingerprint density at radius 2 is 1.66 bits per heavy atom. The third kappa shape index (κ3) is 4.40. The van der Waals surface area contributed by atoms with E-state index in [0.717, 1.165) is 44.6 Å². The third-order valence-electron chi connectivity index (χ3n) is 5.72. The summed E-state index contributed by atoms with van der Waals surface area (Å²) in [5.41, 5.74) is 1.07. The van der Waals surface area contributed by atoms with E-state index >= 15 is 0 Å². The Morgan fingerprint density at radius 1 is 0.931 bits per heavy atom. The molecule has 2 heterocycles. The van der Waals surface area contributed by atoms with Crippen molar-refractivity contribution in [1.29, 1.82) is 0 Å². The number of rotatable bonds is 4. The molecule has 4 rings (SSSR count). The van der Waals surface area contributed by atoms with E-state index in [1.807, 2.05) is 23.1 Å². The number of hydrogen-bond donors (Lipinski definition) is 0. The molecule has 1 unspecified atom stereocenters. The maximum atomic E-state index is 13.0. The van der Waals surface area contributed by atoms with Crippen LogP contribution in [-0.4, -0.2) is 48.1 Å². The van der Waals surface area contributed by atoms with Crippen molar-refractivity contribution in [2.45, 2.75) is 31.6 Å². The van der Waals surface area contributed by atoms with Gasteiger partial charge in [0.15, 0.2) is 0 Å². The van der Waals surface area contributed by atoms with E-state index in [1.54, 1.807) is 4.90 Å². The molecule has 2 aliphatic heterocycles. The lowest BCUT2D eigenvalue weighted by atomic mass is 10.0. The van der Waals surface area contributed by atoms with Gasteiger partial charge in [-0.1, -0.05) is 30.3 Å². The van der Waals surface area contributed by atoms with Crippen molar-refractivity contribution in [3.8, 4) is 0 Å². The molecule has 1 atom stereocenters. The van der Waals surface area contributed by atoms with Gasteiger partial charge in [-0.2, -0.15) is 13.2 Å². The van der Waals surface area contributed by atoms with Crippen LogP contribution in [0, 0.1) is 0 Å². The fourth-order valence-electron chi connectivity index (χ4n) is 4.23. The summed E-state index contributed by atoms with van der Waals surface area (Å²) in [6.45, 7) is 3.79. The van der Waals surface area contributed by atoms with Crippen molar-refractivity contribution in [3.63, 3.8) is 0 Å². The average molecular weight is 403 g/mol. The lowest BCUT2D eigenvalue weighted by Crippen LogP contribution is -2.49. The van der Waals surface area contributed by atoms with Crippen LogP contribution in [0.5, 0.6) is 0 Å². The van der Waals surface area contributed by atoms with Crippen LogP contribution in [0.1, 0.15) is 24.0 Å². The van der Waals surface area contributed by atoms with Crippen LogP contribution in [0.25, 0.3) is 0 Å². The molecule has 4 nitrogen and oxygen atoms in total. The second-order valence-electron chi connectivity index (χ2n) is 7.69. The second-order valence-corrected chi connectivity index (χ2v) is 7.69. The van der Waals surface area contributed by atoms with Gasteiger partial charge < -0.3 is 4.90 Å². The second kappa shape index (κ2) is 8.06. The van der Waals surface area contributed by atoms with Crippen molar-refractivity contribution in [2.75, 3.05) is 31.1 Å². The first-order valence-electron chi connectivity index (χ1n) is 9.93. The first-order valence-corrected chi connectivity index (χ1v) is 9.93. The Morgan fingerprint density at radius 3 is 2.34 bits per heavy atom. The minimum absolute atomic E-state index is 0.115. The molecule has 0 spiro atoms. The predicted octanol–water partition coefficient (Wildman–Crippen LogP) is 4.61. The van der Waals surface area contributed by atoms with Crippen molar-refractivity contribution in [2.24, 2.45) is 0 Å². The number of halogens is 3. The predicted molar refractivity (Wildman–Crippen MR) is 106 cm³/mol. The van der Waals surface area contributed by atoms with Crippen LogP contribution in [0.3, 0.4) is 0 Å². The van der Waals surface area contributed by atoms with E-state index in [4.69, 9.17) is 0 Å². The molecule has 7 heteroatoms. The number of amides is 2. The number of benzene rings is 2. The molecule has 29 heavy (non-hydrogen) atoms. The smallest absolute Gasteiger partial charge is 0.318 e. The number of carbonyl (C=O) groups excluding carboxylic acids is 1. The van der Waals surface area contributed by atoms with Crippen LogP contribution in [-0.2, 0) is 12.7 Å². The minimum atomic E-state index is -4.37. The summed E-state index contributed by atoms with van der Waals surface area (Å²) < 4.78 is 38.3. The van der Waals surface area contributed by atoms with Gasteiger partial charge in [-0.25, -0.2) is 4.79 Å². The summed E-state index contributed by atoms with van der Waals surface area (Å²) in [4.78, 5) is 18.8. The number of carbonyl (C=O) groups is 1. The summed E-state index contributed by atoms with van der Waals surface area (Å²) >= 11 is 0. The van der Waals surface area contributed by atoms with Crippen molar-refractivity contribution < 1.29 is 18.0 Å². The molecular formula is C22H24F3N3O. The van der Waals surface area contributed by atoms with Gasteiger partial charge in [0.2, 0.25) is 0 Å².